The van der Waals surface area contributed by atoms with E-state index in [0.717, 1.165) is 37.0 Å². The highest BCUT2D eigenvalue weighted by Crippen LogP contribution is 2.36. The number of rotatable bonds is 4. The highest BCUT2D eigenvalue weighted by molar-refractivity contribution is 6.01. The molecule has 2 heterocycles. The Morgan fingerprint density at radius 2 is 1.70 bits per heavy atom. The minimum absolute atomic E-state index is 0.0166. The molecule has 2 aliphatic heterocycles. The zero-order chi connectivity index (χ0) is 18.5. The lowest BCUT2D eigenvalue weighted by atomic mass is 9.85. The number of hydrogen-bond donors (Lipinski definition) is 1. The molecule has 0 atom stereocenters. The SMILES string of the molecule is O=C(NCCc1ccccc1)N1CCC2(CC1)CC(c1ccccc1)=NO2. The first-order valence-corrected chi connectivity index (χ1v) is 9.61. The number of nitrogens with zero attached hydrogens (tertiary/aromatic N) is 2. The van der Waals surface area contributed by atoms with Gasteiger partial charge in [-0.25, -0.2) is 4.79 Å². The number of oxime groups is 1. The molecule has 5 nitrogen and oxygen atoms in total. The van der Waals surface area contributed by atoms with Crippen LogP contribution in [0.3, 0.4) is 0 Å². The zero-order valence-electron chi connectivity index (χ0n) is 15.4. The van der Waals surface area contributed by atoms with Crippen LogP contribution >= 0.6 is 0 Å². The van der Waals surface area contributed by atoms with Gasteiger partial charge in [-0.2, -0.15) is 0 Å². The Morgan fingerprint density at radius 1 is 1.04 bits per heavy atom. The summed E-state index contributed by atoms with van der Waals surface area (Å²) in [5.74, 6) is 0. The smallest absolute Gasteiger partial charge is 0.317 e. The van der Waals surface area contributed by atoms with Crippen LogP contribution in [0, 0.1) is 0 Å². The largest absolute Gasteiger partial charge is 0.388 e. The molecule has 0 aliphatic carbocycles. The molecule has 1 fully saturated rings. The van der Waals surface area contributed by atoms with Crippen molar-refractivity contribution in [2.24, 2.45) is 5.16 Å². The first-order valence-electron chi connectivity index (χ1n) is 9.61. The van der Waals surface area contributed by atoms with Gasteiger partial charge in [0, 0.05) is 38.9 Å². The van der Waals surface area contributed by atoms with Crippen molar-refractivity contribution >= 4 is 11.7 Å². The number of urea groups is 1. The van der Waals surface area contributed by atoms with Gasteiger partial charge < -0.3 is 15.1 Å². The maximum atomic E-state index is 12.4. The van der Waals surface area contributed by atoms with Crippen LogP contribution in [-0.4, -0.2) is 41.9 Å². The lowest BCUT2D eigenvalue weighted by Crippen LogP contribution is -2.50. The van der Waals surface area contributed by atoms with E-state index >= 15 is 0 Å². The summed E-state index contributed by atoms with van der Waals surface area (Å²) in [7, 11) is 0. The van der Waals surface area contributed by atoms with Crippen molar-refractivity contribution in [1.29, 1.82) is 0 Å². The molecule has 4 rings (SSSR count). The summed E-state index contributed by atoms with van der Waals surface area (Å²) in [6, 6.07) is 20.4. The van der Waals surface area contributed by atoms with Crippen molar-refractivity contribution in [3.8, 4) is 0 Å². The number of benzene rings is 2. The summed E-state index contributed by atoms with van der Waals surface area (Å²) in [6.45, 7) is 2.06. The Kier molecular flexibility index (Phi) is 5.10. The van der Waals surface area contributed by atoms with Gasteiger partial charge in [-0.05, 0) is 17.5 Å². The second-order valence-corrected chi connectivity index (χ2v) is 7.31. The molecule has 1 N–H and O–H groups in total. The molecule has 27 heavy (non-hydrogen) atoms. The Balaban J connectivity index is 1.24. The molecule has 2 amide bonds. The number of amides is 2. The third-order valence-electron chi connectivity index (χ3n) is 5.44. The van der Waals surface area contributed by atoms with E-state index in [4.69, 9.17) is 4.84 Å². The van der Waals surface area contributed by atoms with E-state index in [1.165, 1.54) is 5.56 Å². The molecule has 2 aromatic rings. The van der Waals surface area contributed by atoms with Crippen molar-refractivity contribution in [3.63, 3.8) is 0 Å². The van der Waals surface area contributed by atoms with E-state index in [2.05, 4.69) is 34.7 Å². The molecule has 0 saturated carbocycles. The molecule has 2 aliphatic rings. The van der Waals surface area contributed by atoms with E-state index in [0.29, 0.717) is 19.6 Å². The molecule has 0 bridgehead atoms. The minimum Gasteiger partial charge on any atom is -0.388 e. The number of carbonyl (C=O) groups excluding carboxylic acids is 1. The standard InChI is InChI=1S/C22H25N3O2/c26-21(23-14-11-18-7-3-1-4-8-18)25-15-12-22(13-16-25)17-20(24-27-22)19-9-5-2-6-10-19/h1-10H,11-17H2,(H,23,26). The average molecular weight is 363 g/mol. The summed E-state index contributed by atoms with van der Waals surface area (Å²) in [4.78, 5) is 20.2. The molecule has 1 spiro atoms. The lowest BCUT2D eigenvalue weighted by Gasteiger charge is -2.37. The number of carbonyl (C=O) groups is 1. The monoisotopic (exact) mass is 363 g/mol. The molecule has 2 aromatic carbocycles. The summed E-state index contributed by atoms with van der Waals surface area (Å²) in [5, 5.41) is 7.37. The fourth-order valence-corrected chi connectivity index (χ4v) is 3.76. The van der Waals surface area contributed by atoms with Gasteiger partial charge in [-0.15, -0.1) is 0 Å². The van der Waals surface area contributed by atoms with Gasteiger partial charge in [-0.3, -0.25) is 0 Å². The van der Waals surface area contributed by atoms with E-state index in [1.54, 1.807) is 0 Å². The number of nitrogens with one attached hydrogen (secondary N) is 1. The first-order chi connectivity index (χ1) is 13.2. The van der Waals surface area contributed by atoms with Gasteiger partial charge in [0.2, 0.25) is 0 Å². The van der Waals surface area contributed by atoms with Gasteiger partial charge in [0.25, 0.3) is 0 Å². The van der Waals surface area contributed by atoms with E-state index in [-0.39, 0.29) is 11.6 Å². The number of likely N-dealkylation sites (tertiary alicyclic amines) is 1. The van der Waals surface area contributed by atoms with Crippen LogP contribution in [0.1, 0.15) is 30.4 Å². The van der Waals surface area contributed by atoms with Crippen molar-refractivity contribution in [1.82, 2.24) is 10.2 Å². The molecular weight excluding hydrogens is 338 g/mol. The van der Waals surface area contributed by atoms with E-state index in [9.17, 15) is 4.79 Å². The fraction of sp³-hybridized carbons (Fsp3) is 0.364. The summed E-state index contributed by atoms with van der Waals surface area (Å²) in [5.41, 5.74) is 3.12. The first kappa shape index (κ1) is 17.6. The molecule has 0 unspecified atom stereocenters. The van der Waals surface area contributed by atoms with Crippen LogP contribution in [0.2, 0.25) is 0 Å². The predicted molar refractivity (Wildman–Crippen MR) is 106 cm³/mol. The Labute approximate surface area is 160 Å². The summed E-state index contributed by atoms with van der Waals surface area (Å²) >= 11 is 0. The number of hydrogen-bond acceptors (Lipinski definition) is 3. The van der Waals surface area contributed by atoms with Gasteiger partial charge in [0.15, 0.2) is 0 Å². The van der Waals surface area contributed by atoms with Gasteiger partial charge in [-0.1, -0.05) is 65.8 Å². The molecule has 5 heteroatoms. The maximum Gasteiger partial charge on any atom is 0.317 e. The molecule has 0 radical (unpaired) electrons. The third-order valence-corrected chi connectivity index (χ3v) is 5.44. The van der Waals surface area contributed by atoms with Gasteiger partial charge >= 0.3 is 6.03 Å². The summed E-state index contributed by atoms with van der Waals surface area (Å²) in [6.07, 6.45) is 3.31. The number of piperidine rings is 1. The molecule has 140 valence electrons. The third kappa shape index (κ3) is 4.13. The van der Waals surface area contributed by atoms with Crippen LogP contribution in [0.25, 0.3) is 0 Å². The van der Waals surface area contributed by atoms with E-state index in [1.807, 2.05) is 41.3 Å². The van der Waals surface area contributed by atoms with Crippen LogP contribution in [0.4, 0.5) is 4.79 Å². The topological polar surface area (TPSA) is 53.9 Å². The normalized spacial score (nSPS) is 18.1. The maximum absolute atomic E-state index is 12.4. The quantitative estimate of drug-likeness (QED) is 0.902. The van der Waals surface area contributed by atoms with Gasteiger partial charge in [0.05, 0.1) is 5.71 Å². The Morgan fingerprint density at radius 3 is 2.41 bits per heavy atom. The van der Waals surface area contributed by atoms with Crippen molar-refractivity contribution in [2.75, 3.05) is 19.6 Å². The lowest BCUT2D eigenvalue weighted by molar-refractivity contribution is -0.0550. The Bertz CT molecular complexity index is 797. The van der Waals surface area contributed by atoms with Crippen LogP contribution in [0.15, 0.2) is 65.8 Å². The van der Waals surface area contributed by atoms with Crippen molar-refractivity contribution < 1.29 is 9.63 Å². The predicted octanol–water partition coefficient (Wildman–Crippen LogP) is 3.60. The second-order valence-electron chi connectivity index (χ2n) is 7.31. The zero-order valence-corrected chi connectivity index (χ0v) is 15.4. The highest BCUT2D eigenvalue weighted by atomic mass is 16.7. The van der Waals surface area contributed by atoms with Crippen molar-refractivity contribution in [3.05, 3.63) is 71.8 Å². The second kappa shape index (κ2) is 7.82. The summed E-state index contributed by atoms with van der Waals surface area (Å²) < 4.78 is 0. The minimum atomic E-state index is -0.244. The molecule has 0 aromatic heterocycles. The van der Waals surface area contributed by atoms with Crippen LogP contribution < -0.4 is 5.32 Å². The van der Waals surface area contributed by atoms with Crippen LogP contribution in [0.5, 0.6) is 0 Å². The van der Waals surface area contributed by atoms with Gasteiger partial charge in [0.1, 0.15) is 5.60 Å². The van der Waals surface area contributed by atoms with Crippen LogP contribution in [-0.2, 0) is 11.3 Å². The highest BCUT2D eigenvalue weighted by Gasteiger charge is 2.43. The fourth-order valence-electron chi connectivity index (χ4n) is 3.76. The Hall–Kier alpha value is -2.82. The van der Waals surface area contributed by atoms with E-state index < -0.39 is 0 Å². The molecule has 1 saturated heterocycles. The molecular formula is C22H25N3O2. The average Bonchev–Trinajstić information content (AvgIpc) is 3.13. The van der Waals surface area contributed by atoms with Crippen molar-refractivity contribution in [2.45, 2.75) is 31.3 Å².